The molecule has 1 aliphatic heterocycles. The monoisotopic (exact) mass is 287 g/mol. The number of carboxylic acid groups (broad SMARTS) is 1. The maximum absolute atomic E-state index is 13.2. The van der Waals surface area contributed by atoms with Gasteiger partial charge in [-0.25, -0.2) is 0 Å². The van der Waals surface area contributed by atoms with E-state index in [1.165, 1.54) is 0 Å². The van der Waals surface area contributed by atoms with Crippen molar-refractivity contribution in [2.45, 2.75) is 19.6 Å². The molecule has 1 aliphatic rings. The van der Waals surface area contributed by atoms with Crippen LogP contribution in [0.25, 0.3) is 0 Å². The number of aliphatic carboxylic acids is 1. The first-order valence-electron chi connectivity index (χ1n) is 6.30. The number of hydrogen-bond acceptors (Lipinski definition) is 2. The summed E-state index contributed by atoms with van der Waals surface area (Å²) in [7, 11) is 0. The molecule has 1 N–H and O–H groups in total. The van der Waals surface area contributed by atoms with E-state index in [0.29, 0.717) is 6.54 Å². The van der Waals surface area contributed by atoms with Crippen molar-refractivity contribution in [2.24, 2.45) is 11.3 Å². The van der Waals surface area contributed by atoms with Gasteiger partial charge in [0.1, 0.15) is 0 Å². The molecule has 1 fully saturated rings. The minimum Gasteiger partial charge on any atom is -0.481 e. The largest absolute Gasteiger partial charge is 0.481 e. The fourth-order valence-corrected chi connectivity index (χ4v) is 2.70. The topological polar surface area (TPSA) is 40.5 Å². The molecule has 1 aromatic carbocycles. The fourth-order valence-electron chi connectivity index (χ4n) is 2.70. The molecule has 3 nitrogen and oxygen atoms in total. The average molecular weight is 287 g/mol. The number of likely N-dealkylation sites (tertiary alicyclic amines) is 1. The normalized spacial score (nSPS) is 27.7. The van der Waals surface area contributed by atoms with Crippen LogP contribution in [0.15, 0.2) is 30.3 Å². The quantitative estimate of drug-likeness (QED) is 0.929. The van der Waals surface area contributed by atoms with Crippen molar-refractivity contribution in [1.82, 2.24) is 4.90 Å². The molecule has 0 aromatic heterocycles. The molecule has 1 saturated heterocycles. The van der Waals surface area contributed by atoms with Gasteiger partial charge in [-0.2, -0.15) is 13.2 Å². The van der Waals surface area contributed by atoms with Crippen molar-refractivity contribution in [2.75, 3.05) is 13.1 Å². The molecule has 0 amide bonds. The summed E-state index contributed by atoms with van der Waals surface area (Å²) in [6, 6.07) is 9.08. The predicted molar refractivity (Wildman–Crippen MR) is 67.0 cm³/mol. The number of carbonyl (C=O) groups is 1. The molecule has 20 heavy (non-hydrogen) atoms. The van der Waals surface area contributed by atoms with Crippen molar-refractivity contribution in [3.05, 3.63) is 35.9 Å². The highest BCUT2D eigenvalue weighted by atomic mass is 19.4. The maximum atomic E-state index is 13.2. The first kappa shape index (κ1) is 14.8. The second-order valence-electron chi connectivity index (χ2n) is 5.46. The molecular weight excluding hydrogens is 271 g/mol. The molecule has 0 radical (unpaired) electrons. The Kier molecular flexibility index (Phi) is 3.77. The highest BCUT2D eigenvalue weighted by Crippen LogP contribution is 2.48. The second-order valence-corrected chi connectivity index (χ2v) is 5.46. The summed E-state index contributed by atoms with van der Waals surface area (Å²) in [4.78, 5) is 12.7. The van der Waals surface area contributed by atoms with Gasteiger partial charge in [0.2, 0.25) is 0 Å². The van der Waals surface area contributed by atoms with Crippen molar-refractivity contribution < 1.29 is 23.1 Å². The first-order valence-corrected chi connectivity index (χ1v) is 6.30. The van der Waals surface area contributed by atoms with Gasteiger partial charge in [-0.1, -0.05) is 30.3 Å². The van der Waals surface area contributed by atoms with Crippen LogP contribution in [0, 0.1) is 11.3 Å². The molecule has 110 valence electrons. The molecule has 0 bridgehead atoms. The number of alkyl halides is 3. The summed E-state index contributed by atoms with van der Waals surface area (Å²) in [5, 5.41) is 9.07. The summed E-state index contributed by atoms with van der Waals surface area (Å²) in [5.74, 6) is -2.81. The molecule has 1 heterocycles. The number of carboxylic acids is 1. The fraction of sp³-hybridized carbons (Fsp3) is 0.500. The van der Waals surface area contributed by atoms with E-state index in [2.05, 4.69) is 0 Å². The predicted octanol–water partition coefficient (Wildman–Crippen LogP) is 2.77. The first-order chi connectivity index (χ1) is 9.24. The Morgan fingerprint density at radius 3 is 2.45 bits per heavy atom. The molecule has 2 unspecified atom stereocenters. The minimum atomic E-state index is -4.53. The van der Waals surface area contributed by atoms with Crippen molar-refractivity contribution in [1.29, 1.82) is 0 Å². The Morgan fingerprint density at radius 1 is 1.40 bits per heavy atom. The summed E-state index contributed by atoms with van der Waals surface area (Å²) in [5.41, 5.74) is -1.32. The van der Waals surface area contributed by atoms with Crippen molar-refractivity contribution in [3.8, 4) is 0 Å². The second kappa shape index (κ2) is 5.09. The summed E-state index contributed by atoms with van der Waals surface area (Å²) in [6.07, 6.45) is -4.53. The van der Waals surface area contributed by atoms with E-state index in [1.54, 1.807) is 4.90 Å². The lowest BCUT2D eigenvalue weighted by Crippen LogP contribution is -2.44. The zero-order valence-corrected chi connectivity index (χ0v) is 11.0. The molecule has 0 saturated carbocycles. The number of benzene rings is 1. The lowest BCUT2D eigenvalue weighted by Gasteiger charge is -2.30. The van der Waals surface area contributed by atoms with E-state index in [-0.39, 0.29) is 13.1 Å². The van der Waals surface area contributed by atoms with Crippen LogP contribution in [-0.4, -0.2) is 35.2 Å². The Morgan fingerprint density at radius 2 is 2.00 bits per heavy atom. The van der Waals surface area contributed by atoms with Gasteiger partial charge in [0.15, 0.2) is 0 Å². The van der Waals surface area contributed by atoms with Crippen molar-refractivity contribution in [3.63, 3.8) is 0 Å². The lowest BCUT2D eigenvalue weighted by molar-refractivity contribution is -0.228. The van der Waals surface area contributed by atoms with Gasteiger partial charge < -0.3 is 5.11 Å². The molecule has 0 aliphatic carbocycles. The molecule has 2 atom stereocenters. The third kappa shape index (κ3) is 2.65. The van der Waals surface area contributed by atoms with E-state index in [9.17, 15) is 18.0 Å². The average Bonchev–Trinajstić information content (AvgIpc) is 2.68. The Labute approximate surface area is 115 Å². The van der Waals surface area contributed by atoms with Crippen LogP contribution in [0.2, 0.25) is 0 Å². The Hall–Kier alpha value is -1.56. The molecule has 1 aromatic rings. The summed E-state index contributed by atoms with van der Waals surface area (Å²) < 4.78 is 39.5. The highest BCUT2D eigenvalue weighted by molar-refractivity contribution is 5.72. The highest BCUT2D eigenvalue weighted by Gasteiger charge is 2.62. The molecule has 6 heteroatoms. The number of nitrogens with zero attached hydrogens (tertiary/aromatic N) is 1. The molecule has 2 rings (SSSR count). The van der Waals surface area contributed by atoms with Crippen LogP contribution >= 0.6 is 0 Å². The molecular formula is C14H16F3NO2. The van der Waals surface area contributed by atoms with Crippen LogP contribution in [0.1, 0.15) is 12.5 Å². The van der Waals surface area contributed by atoms with Crippen LogP contribution in [-0.2, 0) is 11.3 Å². The van der Waals surface area contributed by atoms with Gasteiger partial charge in [-0.3, -0.25) is 9.69 Å². The van der Waals surface area contributed by atoms with E-state index in [0.717, 1.165) is 12.5 Å². The zero-order valence-electron chi connectivity index (χ0n) is 11.0. The number of halogens is 3. The van der Waals surface area contributed by atoms with E-state index < -0.39 is 23.5 Å². The van der Waals surface area contributed by atoms with Gasteiger partial charge in [0, 0.05) is 19.6 Å². The van der Waals surface area contributed by atoms with Crippen LogP contribution in [0.5, 0.6) is 0 Å². The Balaban J connectivity index is 2.19. The Bertz CT molecular complexity index is 489. The third-order valence-electron chi connectivity index (χ3n) is 3.96. The summed E-state index contributed by atoms with van der Waals surface area (Å²) >= 11 is 0. The standard InChI is InChI=1S/C14H16F3NO2/c1-13(14(15,16)17)9-18(8-11(13)12(19)20)7-10-5-3-2-4-6-10/h2-6,11H,7-9H2,1H3,(H,19,20). The maximum Gasteiger partial charge on any atom is 0.396 e. The van der Waals surface area contributed by atoms with E-state index in [4.69, 9.17) is 5.11 Å². The number of rotatable bonds is 3. The zero-order chi connectivity index (χ0) is 15.0. The minimum absolute atomic E-state index is 0.0831. The van der Waals surface area contributed by atoms with Gasteiger partial charge in [0.25, 0.3) is 0 Å². The summed E-state index contributed by atoms with van der Waals surface area (Å²) in [6.45, 7) is 0.954. The van der Waals surface area contributed by atoms with Gasteiger partial charge in [-0.05, 0) is 12.5 Å². The van der Waals surface area contributed by atoms with Gasteiger partial charge >= 0.3 is 12.1 Å². The van der Waals surface area contributed by atoms with E-state index >= 15 is 0 Å². The van der Waals surface area contributed by atoms with Gasteiger partial charge in [0.05, 0.1) is 11.3 Å². The van der Waals surface area contributed by atoms with Crippen LogP contribution in [0.4, 0.5) is 13.2 Å². The van der Waals surface area contributed by atoms with Crippen LogP contribution < -0.4 is 0 Å². The molecule has 0 spiro atoms. The van der Waals surface area contributed by atoms with Gasteiger partial charge in [-0.15, -0.1) is 0 Å². The third-order valence-corrected chi connectivity index (χ3v) is 3.96. The SMILES string of the molecule is CC1(C(F)(F)F)CN(Cc2ccccc2)CC1C(=O)O. The van der Waals surface area contributed by atoms with Crippen LogP contribution in [0.3, 0.4) is 0 Å². The smallest absolute Gasteiger partial charge is 0.396 e. The van der Waals surface area contributed by atoms with Crippen molar-refractivity contribution >= 4 is 5.97 Å². The van der Waals surface area contributed by atoms with E-state index in [1.807, 2.05) is 30.3 Å². The number of hydrogen-bond donors (Lipinski definition) is 1. The lowest BCUT2D eigenvalue weighted by atomic mass is 9.79.